The van der Waals surface area contributed by atoms with Crippen LogP contribution in [0, 0.1) is 0 Å². The van der Waals surface area contributed by atoms with Crippen molar-refractivity contribution in [3.63, 3.8) is 0 Å². The summed E-state index contributed by atoms with van der Waals surface area (Å²) in [5.41, 5.74) is 6.58. The second kappa shape index (κ2) is 11.6. The quantitative estimate of drug-likeness (QED) is 0.182. The van der Waals surface area contributed by atoms with Gasteiger partial charge in [0.15, 0.2) is 5.69 Å². The number of pyridine rings is 1. The molecular weight excluding hydrogens is 522 g/mol. The predicted octanol–water partition coefficient (Wildman–Crippen LogP) is 3.79. The predicted molar refractivity (Wildman–Crippen MR) is 146 cm³/mol. The lowest BCUT2D eigenvalue weighted by molar-refractivity contribution is 0.0708. The third kappa shape index (κ3) is 5.46. The van der Waals surface area contributed by atoms with E-state index in [1.165, 1.54) is 23.1 Å². The Morgan fingerprint density at radius 1 is 1.13 bits per heavy atom. The van der Waals surface area contributed by atoms with Crippen LogP contribution in [0.15, 0.2) is 65.7 Å². The van der Waals surface area contributed by atoms with E-state index in [0.717, 1.165) is 23.4 Å². The van der Waals surface area contributed by atoms with Gasteiger partial charge in [-0.25, -0.2) is 9.97 Å². The Hall–Kier alpha value is -4.03. The average Bonchev–Trinajstić information content (AvgIpc) is 3.63. The van der Waals surface area contributed by atoms with Crippen LogP contribution in [-0.4, -0.2) is 61.6 Å². The van der Waals surface area contributed by atoms with Gasteiger partial charge >= 0.3 is 0 Å². The van der Waals surface area contributed by atoms with Gasteiger partial charge in [-0.05, 0) is 31.0 Å². The van der Waals surface area contributed by atoms with Crippen molar-refractivity contribution < 1.29 is 14.4 Å². The van der Waals surface area contributed by atoms with Gasteiger partial charge in [0.05, 0.1) is 16.1 Å². The summed E-state index contributed by atoms with van der Waals surface area (Å²) in [7, 11) is 0. The molecule has 0 atom stereocenters. The van der Waals surface area contributed by atoms with E-state index in [-0.39, 0.29) is 23.2 Å². The molecule has 4 heterocycles. The normalized spacial score (nSPS) is 13.8. The highest BCUT2D eigenvalue weighted by Gasteiger charge is 2.28. The van der Waals surface area contributed by atoms with E-state index < -0.39 is 11.8 Å². The number of thioether (sulfide) groups is 1. The number of likely N-dealkylation sites (tertiary alicyclic amines) is 1. The molecule has 3 aromatic heterocycles. The van der Waals surface area contributed by atoms with Crippen LogP contribution in [0.5, 0.6) is 0 Å². The van der Waals surface area contributed by atoms with E-state index in [1.807, 2.05) is 29.2 Å². The van der Waals surface area contributed by atoms with Crippen molar-refractivity contribution in [2.24, 2.45) is 0 Å². The maximum Gasteiger partial charge on any atom is 0.290 e. The SMILES string of the molecule is C=CCSc1ncccc1C(=O)N1CCC(c2nc(C(=O)NNC(=O)c3n[nH]c4ccccc34)cs2)CC1. The van der Waals surface area contributed by atoms with E-state index in [0.29, 0.717) is 34.8 Å². The number of para-hydroxylation sites is 1. The molecule has 0 aliphatic carbocycles. The van der Waals surface area contributed by atoms with Crippen LogP contribution < -0.4 is 10.9 Å². The van der Waals surface area contributed by atoms with Gasteiger partial charge in [0, 0.05) is 41.7 Å². The Morgan fingerprint density at radius 3 is 2.74 bits per heavy atom. The minimum absolute atomic E-state index is 0.0252. The zero-order valence-electron chi connectivity index (χ0n) is 20.3. The van der Waals surface area contributed by atoms with Crippen LogP contribution in [0.2, 0.25) is 0 Å². The highest BCUT2D eigenvalue weighted by molar-refractivity contribution is 7.99. The Bertz CT molecular complexity index is 1490. The van der Waals surface area contributed by atoms with Gasteiger partial charge in [0.2, 0.25) is 0 Å². The van der Waals surface area contributed by atoms with E-state index in [4.69, 9.17) is 0 Å². The summed E-state index contributed by atoms with van der Waals surface area (Å²) >= 11 is 2.90. The number of H-pyrrole nitrogens is 1. The third-order valence-corrected chi connectivity index (χ3v) is 8.21. The second-order valence-corrected chi connectivity index (χ2v) is 10.5. The van der Waals surface area contributed by atoms with Crippen LogP contribution in [0.25, 0.3) is 10.9 Å². The molecule has 3 N–H and O–H groups in total. The molecule has 1 aromatic carbocycles. The fourth-order valence-corrected chi connectivity index (χ4v) is 5.95. The minimum Gasteiger partial charge on any atom is -0.339 e. The Kier molecular flexibility index (Phi) is 7.80. The number of hydrogen-bond acceptors (Lipinski definition) is 8. The number of nitrogens with one attached hydrogen (secondary N) is 3. The summed E-state index contributed by atoms with van der Waals surface area (Å²) in [4.78, 5) is 49.0. The van der Waals surface area contributed by atoms with E-state index in [9.17, 15) is 14.4 Å². The van der Waals surface area contributed by atoms with E-state index in [1.54, 1.807) is 29.8 Å². The number of hydrogen-bond donors (Lipinski definition) is 3. The van der Waals surface area contributed by atoms with Crippen molar-refractivity contribution in [1.82, 2.24) is 35.9 Å². The fourth-order valence-electron chi connectivity index (χ4n) is 4.26. The number of piperidine rings is 1. The summed E-state index contributed by atoms with van der Waals surface area (Å²) < 4.78 is 0. The highest BCUT2D eigenvalue weighted by Crippen LogP contribution is 2.31. The van der Waals surface area contributed by atoms with Crippen LogP contribution in [0.3, 0.4) is 0 Å². The molecule has 194 valence electrons. The summed E-state index contributed by atoms with van der Waals surface area (Å²) in [6.45, 7) is 4.92. The Morgan fingerprint density at radius 2 is 1.92 bits per heavy atom. The first-order chi connectivity index (χ1) is 18.5. The summed E-state index contributed by atoms with van der Waals surface area (Å²) in [5.74, 6) is -0.220. The number of aromatic amines is 1. The molecule has 10 nitrogen and oxygen atoms in total. The van der Waals surface area contributed by atoms with Gasteiger partial charge < -0.3 is 4.90 Å². The smallest absolute Gasteiger partial charge is 0.290 e. The number of carbonyl (C=O) groups is 3. The first-order valence-electron chi connectivity index (χ1n) is 12.0. The number of amides is 3. The maximum absolute atomic E-state index is 13.1. The van der Waals surface area contributed by atoms with Crippen molar-refractivity contribution in [1.29, 1.82) is 0 Å². The molecule has 0 saturated carbocycles. The van der Waals surface area contributed by atoms with Gasteiger partial charge in [0.1, 0.15) is 10.7 Å². The van der Waals surface area contributed by atoms with Crippen molar-refractivity contribution >= 4 is 51.7 Å². The van der Waals surface area contributed by atoms with E-state index >= 15 is 0 Å². The molecule has 1 saturated heterocycles. The number of carbonyl (C=O) groups excluding carboxylic acids is 3. The zero-order chi connectivity index (χ0) is 26.5. The second-order valence-electron chi connectivity index (χ2n) is 8.62. The molecule has 1 aliphatic rings. The van der Waals surface area contributed by atoms with Gasteiger partial charge in [-0.15, -0.1) is 29.7 Å². The topological polar surface area (TPSA) is 133 Å². The molecule has 0 spiro atoms. The van der Waals surface area contributed by atoms with Crippen molar-refractivity contribution in [3.05, 3.63) is 82.6 Å². The molecular formula is C26H25N7O3S2. The minimum atomic E-state index is -0.525. The lowest BCUT2D eigenvalue weighted by Crippen LogP contribution is -2.42. The molecule has 4 aromatic rings. The van der Waals surface area contributed by atoms with Crippen LogP contribution >= 0.6 is 23.1 Å². The molecule has 38 heavy (non-hydrogen) atoms. The number of thiazole rings is 1. The van der Waals surface area contributed by atoms with Gasteiger partial charge in [-0.2, -0.15) is 5.10 Å². The molecule has 1 fully saturated rings. The van der Waals surface area contributed by atoms with Crippen molar-refractivity contribution in [2.75, 3.05) is 18.8 Å². The molecule has 3 amide bonds. The van der Waals surface area contributed by atoms with E-state index in [2.05, 4.69) is 37.6 Å². The number of hydrazine groups is 1. The summed E-state index contributed by atoms with van der Waals surface area (Å²) in [6, 6.07) is 10.8. The Balaban J connectivity index is 1.15. The molecule has 12 heteroatoms. The fraction of sp³-hybridized carbons (Fsp3) is 0.231. The highest BCUT2D eigenvalue weighted by atomic mass is 32.2. The molecule has 0 radical (unpaired) electrons. The third-order valence-electron chi connectivity index (χ3n) is 6.20. The Labute approximate surface area is 226 Å². The monoisotopic (exact) mass is 547 g/mol. The number of benzene rings is 1. The lowest BCUT2D eigenvalue weighted by Gasteiger charge is -2.31. The van der Waals surface area contributed by atoms with Crippen LogP contribution in [-0.2, 0) is 0 Å². The molecule has 0 unspecified atom stereocenters. The van der Waals surface area contributed by atoms with Crippen molar-refractivity contribution in [3.8, 4) is 0 Å². The van der Waals surface area contributed by atoms with Gasteiger partial charge in [-0.1, -0.05) is 24.3 Å². The van der Waals surface area contributed by atoms with Gasteiger partial charge in [0.25, 0.3) is 17.7 Å². The number of nitrogens with zero attached hydrogens (tertiary/aromatic N) is 4. The van der Waals surface area contributed by atoms with Crippen LogP contribution in [0.4, 0.5) is 0 Å². The molecule has 1 aliphatic heterocycles. The van der Waals surface area contributed by atoms with Crippen molar-refractivity contribution in [2.45, 2.75) is 23.8 Å². The number of rotatable bonds is 7. The zero-order valence-corrected chi connectivity index (χ0v) is 22.0. The standard InChI is InChI=1S/C26H25N7O3S2/c1-2-14-37-25-18(7-5-11-27-25)26(36)33-12-9-16(10-13-33)24-28-20(15-38-24)22(34)31-32-23(35)21-17-6-3-4-8-19(17)29-30-21/h2-8,11,15-16H,1,9-10,12-14H2,(H,29,30)(H,31,34)(H,32,35). The first kappa shape index (κ1) is 25.6. The first-order valence-corrected chi connectivity index (χ1v) is 13.9. The summed E-state index contributed by atoms with van der Waals surface area (Å²) in [6.07, 6.45) is 4.98. The van der Waals surface area contributed by atoms with Gasteiger partial charge in [-0.3, -0.25) is 30.3 Å². The van der Waals surface area contributed by atoms with Crippen LogP contribution in [0.1, 0.15) is 55.1 Å². The lowest BCUT2D eigenvalue weighted by atomic mass is 9.97. The molecule has 5 rings (SSSR count). The summed E-state index contributed by atoms with van der Waals surface area (Å²) in [5, 5.41) is 10.7. The molecule has 0 bridgehead atoms. The maximum atomic E-state index is 13.1. The average molecular weight is 548 g/mol. The number of aromatic nitrogens is 4. The largest absolute Gasteiger partial charge is 0.339 e. The number of fused-ring (bicyclic) bond motifs is 1.